The van der Waals surface area contributed by atoms with Crippen molar-refractivity contribution in [3.05, 3.63) is 59.9 Å². The fourth-order valence-corrected chi connectivity index (χ4v) is 3.97. The molecular weight excluding hydrogens is 323 g/mol. The molecule has 24 heavy (non-hydrogen) atoms. The summed E-state index contributed by atoms with van der Waals surface area (Å²) in [5.74, 6) is -0.929. The van der Waals surface area contributed by atoms with Crippen LogP contribution in [0.3, 0.4) is 0 Å². The average molecular weight is 344 g/mol. The smallest absolute Gasteiger partial charge is 0.258 e. The first-order chi connectivity index (χ1) is 11.6. The summed E-state index contributed by atoms with van der Waals surface area (Å²) in [7, 11) is 2.15. The molecule has 5 heteroatoms. The third-order valence-corrected chi connectivity index (χ3v) is 5.51. The van der Waals surface area contributed by atoms with E-state index in [-0.39, 0.29) is 5.56 Å². The molecule has 1 aliphatic rings. The number of likely N-dealkylation sites (tertiary alicyclic amines) is 1. The van der Waals surface area contributed by atoms with Crippen LogP contribution in [0.5, 0.6) is 0 Å². The highest BCUT2D eigenvalue weighted by molar-refractivity contribution is 8.00. The lowest BCUT2D eigenvalue weighted by atomic mass is 10.1. The number of carbonyl (C=O) groups excluding carboxylic acids is 1. The fourth-order valence-electron chi connectivity index (χ4n) is 2.79. The third-order valence-electron chi connectivity index (χ3n) is 4.18. The van der Waals surface area contributed by atoms with Gasteiger partial charge in [0.05, 0.1) is 5.56 Å². The number of piperidine rings is 1. The highest BCUT2D eigenvalue weighted by atomic mass is 32.2. The molecule has 0 unspecified atom stereocenters. The molecular formula is C19H21FN2OS. The largest absolute Gasteiger partial charge is 0.322 e. The highest BCUT2D eigenvalue weighted by Crippen LogP contribution is 2.31. The first-order valence-electron chi connectivity index (χ1n) is 8.13. The SMILES string of the molecule is CN1CCC(Sc2cccc(NC(=O)c3ccccc3F)c2)CC1. The van der Waals surface area contributed by atoms with Crippen molar-refractivity contribution in [2.45, 2.75) is 23.0 Å². The maximum atomic E-state index is 13.7. The summed E-state index contributed by atoms with van der Waals surface area (Å²) in [5, 5.41) is 3.39. The first kappa shape index (κ1) is 17.0. The maximum absolute atomic E-state index is 13.7. The van der Waals surface area contributed by atoms with Gasteiger partial charge in [-0.05, 0) is 63.3 Å². The van der Waals surface area contributed by atoms with Gasteiger partial charge in [-0.3, -0.25) is 4.79 Å². The van der Waals surface area contributed by atoms with Crippen molar-refractivity contribution in [1.82, 2.24) is 4.90 Å². The minimum absolute atomic E-state index is 0.0610. The van der Waals surface area contributed by atoms with Gasteiger partial charge in [0.1, 0.15) is 5.82 Å². The lowest BCUT2D eigenvalue weighted by molar-refractivity contribution is 0.102. The molecule has 0 spiro atoms. The topological polar surface area (TPSA) is 32.3 Å². The predicted molar refractivity (Wildman–Crippen MR) is 97.2 cm³/mol. The molecule has 1 fully saturated rings. The highest BCUT2D eigenvalue weighted by Gasteiger charge is 2.18. The number of hydrogen-bond acceptors (Lipinski definition) is 3. The molecule has 2 aromatic rings. The zero-order valence-electron chi connectivity index (χ0n) is 13.7. The number of rotatable bonds is 4. The van der Waals surface area contributed by atoms with E-state index in [2.05, 4.69) is 23.3 Å². The van der Waals surface area contributed by atoms with Gasteiger partial charge in [0.25, 0.3) is 5.91 Å². The molecule has 2 aromatic carbocycles. The van der Waals surface area contributed by atoms with Gasteiger partial charge in [0.2, 0.25) is 0 Å². The Bertz CT molecular complexity index is 714. The summed E-state index contributed by atoms with van der Waals surface area (Å²) in [6, 6.07) is 13.8. The molecule has 1 heterocycles. The molecule has 1 aliphatic heterocycles. The number of amides is 1. The van der Waals surface area contributed by atoms with Gasteiger partial charge in [-0.2, -0.15) is 0 Å². The zero-order chi connectivity index (χ0) is 16.9. The van der Waals surface area contributed by atoms with Crippen LogP contribution < -0.4 is 5.32 Å². The molecule has 126 valence electrons. The maximum Gasteiger partial charge on any atom is 0.258 e. The lowest BCUT2D eigenvalue weighted by Gasteiger charge is -2.28. The van der Waals surface area contributed by atoms with Crippen LogP contribution in [0.25, 0.3) is 0 Å². The van der Waals surface area contributed by atoms with E-state index < -0.39 is 11.7 Å². The Morgan fingerprint density at radius 1 is 1.17 bits per heavy atom. The van der Waals surface area contributed by atoms with Crippen LogP contribution in [-0.2, 0) is 0 Å². The van der Waals surface area contributed by atoms with E-state index >= 15 is 0 Å². The molecule has 0 bridgehead atoms. The molecule has 0 aliphatic carbocycles. The Balaban J connectivity index is 1.65. The number of benzene rings is 2. The van der Waals surface area contributed by atoms with Gasteiger partial charge in [-0.15, -0.1) is 11.8 Å². The van der Waals surface area contributed by atoms with Crippen LogP contribution in [-0.4, -0.2) is 36.2 Å². The van der Waals surface area contributed by atoms with Gasteiger partial charge in [-0.25, -0.2) is 4.39 Å². The van der Waals surface area contributed by atoms with Crippen LogP contribution in [0.1, 0.15) is 23.2 Å². The Kier molecular flexibility index (Phi) is 5.53. The summed E-state index contributed by atoms with van der Waals surface area (Å²) >= 11 is 1.85. The molecule has 0 radical (unpaired) electrons. The molecule has 3 nitrogen and oxygen atoms in total. The van der Waals surface area contributed by atoms with Crippen molar-refractivity contribution in [2.75, 3.05) is 25.5 Å². The van der Waals surface area contributed by atoms with Gasteiger partial charge in [-0.1, -0.05) is 18.2 Å². The average Bonchev–Trinajstić information content (AvgIpc) is 2.58. The van der Waals surface area contributed by atoms with Crippen molar-refractivity contribution in [3.8, 4) is 0 Å². The van der Waals surface area contributed by atoms with Gasteiger partial charge in [0, 0.05) is 15.8 Å². The quantitative estimate of drug-likeness (QED) is 0.899. The van der Waals surface area contributed by atoms with Crippen molar-refractivity contribution in [1.29, 1.82) is 0 Å². The number of nitrogens with zero attached hydrogens (tertiary/aromatic N) is 1. The molecule has 0 saturated carbocycles. The van der Waals surface area contributed by atoms with Crippen LogP contribution in [0, 0.1) is 5.82 Å². The second-order valence-electron chi connectivity index (χ2n) is 6.08. The lowest BCUT2D eigenvalue weighted by Crippen LogP contribution is -2.31. The van der Waals surface area contributed by atoms with Gasteiger partial charge >= 0.3 is 0 Å². The van der Waals surface area contributed by atoms with Crippen molar-refractivity contribution in [3.63, 3.8) is 0 Å². The number of halogens is 1. The van der Waals surface area contributed by atoms with E-state index in [1.165, 1.54) is 25.0 Å². The zero-order valence-corrected chi connectivity index (χ0v) is 14.5. The van der Waals surface area contributed by atoms with E-state index in [1.54, 1.807) is 12.1 Å². The van der Waals surface area contributed by atoms with E-state index in [0.717, 1.165) is 18.0 Å². The Labute approximate surface area is 146 Å². The number of thioether (sulfide) groups is 1. The Hall–Kier alpha value is -1.85. The summed E-state index contributed by atoms with van der Waals surface area (Å²) in [6.07, 6.45) is 2.35. The van der Waals surface area contributed by atoms with Crippen LogP contribution in [0.2, 0.25) is 0 Å². The normalized spacial score (nSPS) is 16.1. The van der Waals surface area contributed by atoms with Crippen molar-refractivity contribution >= 4 is 23.4 Å². The predicted octanol–water partition coefficient (Wildman–Crippen LogP) is 4.26. The van der Waals surface area contributed by atoms with Crippen molar-refractivity contribution < 1.29 is 9.18 Å². The minimum Gasteiger partial charge on any atom is -0.322 e. The Morgan fingerprint density at radius 3 is 2.67 bits per heavy atom. The molecule has 1 saturated heterocycles. The number of anilines is 1. The van der Waals surface area contributed by atoms with E-state index in [4.69, 9.17) is 0 Å². The van der Waals surface area contributed by atoms with Crippen LogP contribution >= 0.6 is 11.8 Å². The summed E-state index contributed by atoms with van der Waals surface area (Å²) in [6.45, 7) is 2.25. The molecule has 3 rings (SSSR count). The second-order valence-corrected chi connectivity index (χ2v) is 7.46. The number of hydrogen-bond donors (Lipinski definition) is 1. The minimum atomic E-state index is -0.508. The molecule has 0 aromatic heterocycles. The van der Waals surface area contributed by atoms with Crippen LogP contribution in [0.15, 0.2) is 53.4 Å². The molecule has 1 amide bonds. The number of nitrogens with one attached hydrogen (secondary N) is 1. The summed E-state index contributed by atoms with van der Waals surface area (Å²) in [5.41, 5.74) is 0.757. The fraction of sp³-hybridized carbons (Fsp3) is 0.316. The van der Waals surface area contributed by atoms with Gasteiger partial charge in [0.15, 0.2) is 0 Å². The standard InChI is InChI=1S/C19H21FN2OS/c1-22-11-9-15(10-12-22)24-16-6-4-5-14(13-16)21-19(23)17-7-2-3-8-18(17)20/h2-8,13,15H,9-12H2,1H3,(H,21,23). The van der Waals surface area contributed by atoms with E-state index in [9.17, 15) is 9.18 Å². The Morgan fingerprint density at radius 2 is 1.92 bits per heavy atom. The van der Waals surface area contributed by atoms with Gasteiger partial charge < -0.3 is 10.2 Å². The van der Waals surface area contributed by atoms with E-state index in [0.29, 0.717) is 10.9 Å². The molecule has 0 atom stereocenters. The third kappa shape index (κ3) is 4.36. The monoisotopic (exact) mass is 344 g/mol. The second kappa shape index (κ2) is 7.81. The van der Waals surface area contributed by atoms with E-state index in [1.807, 2.05) is 30.0 Å². The summed E-state index contributed by atoms with van der Waals surface area (Å²) < 4.78 is 13.7. The summed E-state index contributed by atoms with van der Waals surface area (Å²) in [4.78, 5) is 15.7. The molecule has 1 N–H and O–H groups in total. The van der Waals surface area contributed by atoms with Crippen molar-refractivity contribution in [2.24, 2.45) is 0 Å². The van der Waals surface area contributed by atoms with Crippen LogP contribution in [0.4, 0.5) is 10.1 Å². The first-order valence-corrected chi connectivity index (χ1v) is 9.01. The number of carbonyl (C=O) groups is 1.